The van der Waals surface area contributed by atoms with E-state index in [4.69, 9.17) is 5.26 Å². The molecule has 94 valence electrons. The minimum absolute atomic E-state index is 0.635. The predicted molar refractivity (Wildman–Crippen MR) is 70.1 cm³/mol. The molecule has 0 aromatic heterocycles. The van der Waals surface area contributed by atoms with Gasteiger partial charge in [0.05, 0.1) is 20.6 Å². The van der Waals surface area contributed by atoms with E-state index >= 15 is 0 Å². The third kappa shape index (κ3) is 9.98. The van der Waals surface area contributed by atoms with Crippen molar-refractivity contribution in [2.75, 3.05) is 27.2 Å². The fourth-order valence-corrected chi connectivity index (χ4v) is 1.94. The van der Waals surface area contributed by atoms with Crippen LogP contribution >= 0.6 is 0 Å². The van der Waals surface area contributed by atoms with E-state index in [0.29, 0.717) is 6.54 Å². The van der Waals surface area contributed by atoms with Gasteiger partial charge >= 0.3 is 0 Å². The standard InChI is InChI=1S/C14H29N2/c1-4-5-6-7-8-9-10-11-13-16(2,3)14-12-15/h4-11,13-14H2,1-3H3/q+1. The van der Waals surface area contributed by atoms with E-state index in [1.165, 1.54) is 51.4 Å². The maximum Gasteiger partial charge on any atom is 0.166 e. The molecule has 0 unspecified atom stereocenters. The average molecular weight is 225 g/mol. The number of hydrogen-bond acceptors (Lipinski definition) is 1. The molecule has 2 nitrogen and oxygen atoms in total. The van der Waals surface area contributed by atoms with Gasteiger partial charge in [-0.05, 0) is 12.8 Å². The maximum absolute atomic E-state index is 8.66. The van der Waals surface area contributed by atoms with Crippen LogP contribution in [0.1, 0.15) is 58.3 Å². The first kappa shape index (κ1) is 15.4. The summed E-state index contributed by atoms with van der Waals surface area (Å²) < 4.78 is 0.854. The molecule has 0 fully saturated rings. The van der Waals surface area contributed by atoms with Crippen LogP contribution in [0.25, 0.3) is 0 Å². The van der Waals surface area contributed by atoms with Crippen molar-refractivity contribution >= 4 is 0 Å². The number of unbranched alkanes of at least 4 members (excludes halogenated alkanes) is 7. The molecule has 0 N–H and O–H groups in total. The summed E-state index contributed by atoms with van der Waals surface area (Å²) in [6, 6.07) is 2.26. The Balaban J connectivity index is 3.24. The molecule has 0 rings (SSSR count). The zero-order chi connectivity index (χ0) is 12.3. The lowest BCUT2D eigenvalue weighted by Gasteiger charge is -2.26. The maximum atomic E-state index is 8.66. The molecule has 0 aromatic carbocycles. The van der Waals surface area contributed by atoms with Crippen molar-refractivity contribution in [2.24, 2.45) is 0 Å². The molecule has 0 aliphatic heterocycles. The minimum atomic E-state index is 0.635. The number of nitrogens with zero attached hydrogens (tertiary/aromatic N) is 2. The van der Waals surface area contributed by atoms with Gasteiger partial charge in [-0.15, -0.1) is 0 Å². The van der Waals surface area contributed by atoms with Gasteiger partial charge < -0.3 is 4.48 Å². The van der Waals surface area contributed by atoms with Crippen molar-refractivity contribution in [3.63, 3.8) is 0 Å². The monoisotopic (exact) mass is 225 g/mol. The van der Waals surface area contributed by atoms with Crippen molar-refractivity contribution in [1.82, 2.24) is 0 Å². The van der Waals surface area contributed by atoms with Gasteiger partial charge in [-0.3, -0.25) is 0 Å². The smallest absolute Gasteiger partial charge is 0.166 e. The highest BCUT2D eigenvalue weighted by Crippen LogP contribution is 2.09. The van der Waals surface area contributed by atoms with E-state index < -0.39 is 0 Å². The van der Waals surface area contributed by atoms with E-state index in [1.54, 1.807) is 0 Å². The third-order valence-corrected chi connectivity index (χ3v) is 3.12. The highest BCUT2D eigenvalue weighted by Gasteiger charge is 2.12. The summed E-state index contributed by atoms with van der Waals surface area (Å²) in [7, 11) is 4.29. The number of quaternary nitrogens is 1. The van der Waals surface area contributed by atoms with Gasteiger partial charge in [0.15, 0.2) is 6.54 Å². The molecule has 2 heteroatoms. The normalized spacial score (nSPS) is 11.4. The topological polar surface area (TPSA) is 23.8 Å². The van der Waals surface area contributed by atoms with Crippen molar-refractivity contribution < 1.29 is 4.48 Å². The Morgan fingerprint density at radius 1 is 0.875 bits per heavy atom. The van der Waals surface area contributed by atoms with Crippen LogP contribution in [0.2, 0.25) is 0 Å². The van der Waals surface area contributed by atoms with Crippen LogP contribution < -0.4 is 0 Å². The lowest BCUT2D eigenvalue weighted by atomic mass is 10.1. The molecular formula is C14H29N2+. The summed E-state index contributed by atoms with van der Waals surface area (Å²) in [4.78, 5) is 0. The summed E-state index contributed by atoms with van der Waals surface area (Å²) in [5.41, 5.74) is 0. The Hall–Kier alpha value is -0.550. The Bertz CT molecular complexity index is 191. The van der Waals surface area contributed by atoms with Crippen LogP contribution in [-0.2, 0) is 0 Å². The lowest BCUT2D eigenvalue weighted by Crippen LogP contribution is -2.40. The number of nitriles is 1. The molecule has 0 heterocycles. The Kier molecular flexibility index (Phi) is 9.33. The van der Waals surface area contributed by atoms with Crippen molar-refractivity contribution in [2.45, 2.75) is 58.3 Å². The van der Waals surface area contributed by atoms with Gasteiger partial charge in [0.25, 0.3) is 0 Å². The summed E-state index contributed by atoms with van der Waals surface area (Å²) in [5.74, 6) is 0. The highest BCUT2D eigenvalue weighted by molar-refractivity contribution is 4.66. The van der Waals surface area contributed by atoms with Gasteiger partial charge in [0, 0.05) is 0 Å². The van der Waals surface area contributed by atoms with E-state index in [-0.39, 0.29) is 0 Å². The van der Waals surface area contributed by atoms with Gasteiger partial charge in [-0.2, -0.15) is 5.26 Å². The van der Waals surface area contributed by atoms with E-state index in [1.807, 2.05) is 0 Å². The molecule has 0 aliphatic carbocycles. The summed E-state index contributed by atoms with van der Waals surface area (Å²) in [5, 5.41) is 8.66. The SMILES string of the molecule is CCCCCCCCCC[N+](C)(C)CC#N. The Morgan fingerprint density at radius 2 is 1.38 bits per heavy atom. The van der Waals surface area contributed by atoms with Crippen LogP contribution in [0.4, 0.5) is 0 Å². The molecule has 16 heavy (non-hydrogen) atoms. The van der Waals surface area contributed by atoms with E-state index in [2.05, 4.69) is 27.1 Å². The van der Waals surface area contributed by atoms with Gasteiger partial charge in [0.2, 0.25) is 0 Å². The first-order valence-corrected chi connectivity index (χ1v) is 6.81. The second-order valence-electron chi connectivity index (χ2n) is 5.45. The third-order valence-electron chi connectivity index (χ3n) is 3.12. The van der Waals surface area contributed by atoms with E-state index in [0.717, 1.165) is 11.0 Å². The van der Waals surface area contributed by atoms with E-state index in [9.17, 15) is 0 Å². The van der Waals surface area contributed by atoms with Crippen LogP contribution in [0, 0.1) is 11.3 Å². The zero-order valence-electron chi connectivity index (χ0n) is 11.5. The molecular weight excluding hydrogens is 196 g/mol. The van der Waals surface area contributed by atoms with Crippen LogP contribution in [-0.4, -0.2) is 31.7 Å². The highest BCUT2D eigenvalue weighted by atomic mass is 15.3. The molecule has 0 saturated heterocycles. The molecule has 0 bridgehead atoms. The zero-order valence-corrected chi connectivity index (χ0v) is 11.5. The molecule has 0 radical (unpaired) electrons. The molecule has 0 aliphatic rings. The van der Waals surface area contributed by atoms with Crippen LogP contribution in [0.5, 0.6) is 0 Å². The minimum Gasteiger partial charge on any atom is -0.317 e. The lowest BCUT2D eigenvalue weighted by molar-refractivity contribution is -0.883. The first-order chi connectivity index (χ1) is 7.62. The average Bonchev–Trinajstić information content (AvgIpc) is 2.22. The first-order valence-electron chi connectivity index (χ1n) is 6.81. The summed E-state index contributed by atoms with van der Waals surface area (Å²) in [6.07, 6.45) is 10.9. The molecule has 0 atom stereocenters. The van der Waals surface area contributed by atoms with Gasteiger partial charge in [-0.25, -0.2) is 0 Å². The van der Waals surface area contributed by atoms with Crippen LogP contribution in [0.3, 0.4) is 0 Å². The van der Waals surface area contributed by atoms with Gasteiger partial charge in [-0.1, -0.05) is 45.4 Å². The fourth-order valence-electron chi connectivity index (χ4n) is 1.94. The Morgan fingerprint density at radius 3 is 1.88 bits per heavy atom. The second-order valence-corrected chi connectivity index (χ2v) is 5.45. The quantitative estimate of drug-likeness (QED) is 0.316. The predicted octanol–water partition coefficient (Wildman–Crippen LogP) is 3.73. The Labute approximate surface area is 102 Å². The molecule has 0 amide bonds. The summed E-state index contributed by atoms with van der Waals surface area (Å²) >= 11 is 0. The van der Waals surface area contributed by atoms with Gasteiger partial charge in [0.1, 0.15) is 6.07 Å². The van der Waals surface area contributed by atoms with Crippen molar-refractivity contribution in [3.8, 4) is 6.07 Å². The summed E-state index contributed by atoms with van der Waals surface area (Å²) in [6.45, 7) is 4.04. The van der Waals surface area contributed by atoms with Crippen molar-refractivity contribution in [3.05, 3.63) is 0 Å². The molecule has 0 saturated carbocycles. The van der Waals surface area contributed by atoms with Crippen LogP contribution in [0.15, 0.2) is 0 Å². The second kappa shape index (κ2) is 9.66. The fraction of sp³-hybridized carbons (Fsp3) is 0.929. The molecule has 0 aromatic rings. The molecule has 0 spiro atoms. The largest absolute Gasteiger partial charge is 0.317 e. The van der Waals surface area contributed by atoms with Crippen molar-refractivity contribution in [1.29, 1.82) is 5.26 Å². The number of hydrogen-bond donors (Lipinski definition) is 0. The number of rotatable bonds is 10.